The average molecular weight is 747 g/mol. The predicted molar refractivity (Wildman–Crippen MR) is 234 cm³/mol. The molecule has 1 aliphatic rings. The van der Waals surface area contributed by atoms with Crippen molar-refractivity contribution in [3.63, 3.8) is 0 Å². The molecule has 1 aromatic rings. The number of carbonyl (C=O) groups excluding carboxylic acids is 1. The van der Waals surface area contributed by atoms with Crippen molar-refractivity contribution < 1.29 is 14.6 Å². The molecule has 1 aromatic carbocycles. The summed E-state index contributed by atoms with van der Waals surface area (Å²) in [5, 5.41) is 9.52. The van der Waals surface area contributed by atoms with Crippen molar-refractivity contribution in [1.82, 2.24) is 4.90 Å². The first-order valence-corrected chi connectivity index (χ1v) is 22.6. The Morgan fingerprint density at radius 3 is 1.74 bits per heavy atom. The van der Waals surface area contributed by atoms with Gasteiger partial charge in [0.05, 0.1) is 0 Å². The third kappa shape index (κ3) is 24.7. The summed E-state index contributed by atoms with van der Waals surface area (Å²) < 4.78 is 6.02. The van der Waals surface area contributed by atoms with E-state index in [0.717, 1.165) is 58.2 Å². The molecule has 0 spiro atoms. The zero-order valence-corrected chi connectivity index (χ0v) is 35.0. The highest BCUT2D eigenvalue weighted by Gasteiger charge is 2.36. The Kier molecular flexibility index (Phi) is 30.7. The smallest absolute Gasteiger partial charge is 0.305 e. The highest BCUT2D eigenvalue weighted by molar-refractivity contribution is 5.69. The van der Waals surface area contributed by atoms with Crippen molar-refractivity contribution in [2.24, 2.45) is 5.92 Å². The van der Waals surface area contributed by atoms with Crippen LogP contribution in [0.1, 0.15) is 174 Å². The summed E-state index contributed by atoms with van der Waals surface area (Å²) in [6, 6.07) is 10.7. The second-order valence-electron chi connectivity index (χ2n) is 15.6. The number of allylic oxidation sites excluding steroid dienone is 8. The number of benzene rings is 1. The third-order valence-corrected chi connectivity index (χ3v) is 10.7. The molecule has 1 atom stereocenters. The van der Waals surface area contributed by atoms with Crippen LogP contribution in [0.4, 0.5) is 5.69 Å². The van der Waals surface area contributed by atoms with E-state index >= 15 is 0 Å². The van der Waals surface area contributed by atoms with Crippen molar-refractivity contribution in [2.75, 3.05) is 37.7 Å². The van der Waals surface area contributed by atoms with E-state index in [1.807, 2.05) is 0 Å². The topological polar surface area (TPSA) is 53.0 Å². The zero-order valence-electron chi connectivity index (χ0n) is 35.0. The molecule has 1 fully saturated rings. The first-order valence-electron chi connectivity index (χ1n) is 22.6. The molecular weight excluding hydrogens is 665 g/mol. The number of rotatable bonds is 36. The molecule has 1 unspecified atom stereocenters. The lowest BCUT2D eigenvalue weighted by atomic mass is 9.95. The van der Waals surface area contributed by atoms with Crippen molar-refractivity contribution >= 4 is 11.7 Å². The number of unbranched alkanes of at least 4 members (excludes halogenated alkanes) is 17. The van der Waals surface area contributed by atoms with E-state index in [9.17, 15) is 9.90 Å². The van der Waals surface area contributed by atoms with Gasteiger partial charge >= 0.3 is 5.97 Å². The molecule has 0 saturated carbocycles. The van der Waals surface area contributed by atoms with E-state index < -0.39 is 0 Å². The van der Waals surface area contributed by atoms with Gasteiger partial charge in [0.15, 0.2) is 0 Å². The van der Waals surface area contributed by atoms with Crippen LogP contribution in [0.2, 0.25) is 0 Å². The summed E-state index contributed by atoms with van der Waals surface area (Å²) in [7, 11) is 0. The number of likely N-dealkylation sites (tertiary alicyclic amines) is 1. The first-order chi connectivity index (χ1) is 26.7. The Morgan fingerprint density at radius 1 is 0.685 bits per heavy atom. The SMILES string of the molecule is CCCC/C=C\C/C=C\CCCCCCCCC(=O)OCC(N1CC(CCO)C1)N(CCCCCCCC/C=C\C/C=C\CCCCC)c1ccccc1. The standard InChI is InChI=1S/C49H82N2O3/c1-3-5-7-9-11-13-15-17-19-21-23-25-27-29-31-36-41-51(47-37-33-32-34-38-47)48(50-43-46(44-50)40-42-52)45-54-49(53)39-35-30-28-26-24-22-20-18-16-14-12-10-8-6-4-2/h10-13,16-19,32-34,37-38,46,48,52H,3-9,14-15,20-31,35-36,39-45H2,1-2H3/b12-10-,13-11-,18-16-,19-17-. The number of hydrogen-bond donors (Lipinski definition) is 1. The Morgan fingerprint density at radius 2 is 1.19 bits per heavy atom. The van der Waals surface area contributed by atoms with Crippen LogP contribution in [0.5, 0.6) is 0 Å². The predicted octanol–water partition coefficient (Wildman–Crippen LogP) is 13.3. The normalized spacial score (nSPS) is 14.6. The van der Waals surface area contributed by atoms with E-state index in [0.29, 0.717) is 18.9 Å². The highest BCUT2D eigenvalue weighted by Crippen LogP contribution is 2.28. The molecule has 0 amide bonds. The van der Waals surface area contributed by atoms with Gasteiger partial charge in [-0.25, -0.2) is 0 Å². The van der Waals surface area contributed by atoms with Gasteiger partial charge in [-0.3, -0.25) is 9.69 Å². The highest BCUT2D eigenvalue weighted by atomic mass is 16.5. The van der Waals surface area contributed by atoms with E-state index in [1.54, 1.807) is 0 Å². The van der Waals surface area contributed by atoms with Gasteiger partial charge in [-0.05, 0) is 95.1 Å². The van der Waals surface area contributed by atoms with Crippen LogP contribution < -0.4 is 4.90 Å². The first kappa shape index (κ1) is 47.5. The van der Waals surface area contributed by atoms with Crippen molar-refractivity contribution in [3.05, 3.63) is 78.9 Å². The van der Waals surface area contributed by atoms with Gasteiger partial charge in [-0.2, -0.15) is 0 Å². The van der Waals surface area contributed by atoms with E-state index in [-0.39, 0.29) is 18.7 Å². The van der Waals surface area contributed by atoms with Gasteiger partial charge in [-0.1, -0.05) is 158 Å². The minimum absolute atomic E-state index is 0.0235. The molecule has 306 valence electrons. The van der Waals surface area contributed by atoms with Gasteiger partial charge in [0, 0.05) is 38.3 Å². The fourth-order valence-corrected chi connectivity index (χ4v) is 7.26. The van der Waals surface area contributed by atoms with Crippen LogP contribution in [-0.4, -0.2) is 55.0 Å². The van der Waals surface area contributed by atoms with Crippen LogP contribution in [0.25, 0.3) is 0 Å². The van der Waals surface area contributed by atoms with Crippen LogP contribution in [0.3, 0.4) is 0 Å². The molecule has 5 nitrogen and oxygen atoms in total. The molecular formula is C49H82N2O3. The molecule has 1 N–H and O–H groups in total. The molecule has 54 heavy (non-hydrogen) atoms. The Bertz CT molecular complexity index is 1110. The largest absolute Gasteiger partial charge is 0.462 e. The van der Waals surface area contributed by atoms with Crippen molar-refractivity contribution in [2.45, 2.75) is 181 Å². The summed E-state index contributed by atoms with van der Waals surface area (Å²) in [6.45, 7) is 7.97. The number of para-hydroxylation sites is 1. The molecule has 1 saturated heterocycles. The lowest BCUT2D eigenvalue weighted by molar-refractivity contribution is -0.146. The molecule has 1 aliphatic heterocycles. The summed E-state index contributed by atoms with van der Waals surface area (Å²) in [5.41, 5.74) is 1.20. The monoisotopic (exact) mass is 747 g/mol. The van der Waals surface area contributed by atoms with E-state index in [4.69, 9.17) is 4.74 Å². The number of carbonyl (C=O) groups is 1. The van der Waals surface area contributed by atoms with Gasteiger partial charge in [0.25, 0.3) is 0 Å². The number of hydrogen-bond acceptors (Lipinski definition) is 5. The molecule has 0 radical (unpaired) electrons. The van der Waals surface area contributed by atoms with Crippen molar-refractivity contribution in [1.29, 1.82) is 0 Å². The van der Waals surface area contributed by atoms with Gasteiger partial charge < -0.3 is 14.7 Å². The summed E-state index contributed by atoms with van der Waals surface area (Å²) >= 11 is 0. The minimum Gasteiger partial charge on any atom is -0.462 e. The maximum Gasteiger partial charge on any atom is 0.305 e. The summed E-state index contributed by atoms with van der Waals surface area (Å²) in [5.74, 6) is 0.448. The minimum atomic E-state index is -0.0666. The lowest BCUT2D eigenvalue weighted by Gasteiger charge is -2.48. The summed E-state index contributed by atoms with van der Waals surface area (Å²) in [4.78, 5) is 17.9. The zero-order chi connectivity index (χ0) is 38.6. The maximum absolute atomic E-state index is 12.9. The fourth-order valence-electron chi connectivity index (χ4n) is 7.26. The molecule has 0 bridgehead atoms. The Labute approximate surface area is 333 Å². The second-order valence-corrected chi connectivity index (χ2v) is 15.6. The molecule has 5 heteroatoms. The van der Waals surface area contributed by atoms with Gasteiger partial charge in [0.2, 0.25) is 0 Å². The number of aliphatic hydroxyl groups excluding tert-OH is 1. The Balaban J connectivity index is 1.70. The van der Waals surface area contributed by atoms with E-state index in [2.05, 4.69) is 103 Å². The number of nitrogens with zero attached hydrogens (tertiary/aromatic N) is 2. The number of ether oxygens (including phenoxy) is 1. The fraction of sp³-hybridized carbons (Fsp3) is 0.694. The number of anilines is 1. The van der Waals surface area contributed by atoms with Crippen molar-refractivity contribution in [3.8, 4) is 0 Å². The lowest BCUT2D eigenvalue weighted by Crippen LogP contribution is -2.60. The van der Waals surface area contributed by atoms with Crippen LogP contribution in [0, 0.1) is 5.92 Å². The van der Waals surface area contributed by atoms with Crippen LogP contribution in [0.15, 0.2) is 78.9 Å². The quantitative estimate of drug-likeness (QED) is 0.0421. The Hall–Kier alpha value is -2.63. The summed E-state index contributed by atoms with van der Waals surface area (Å²) in [6.07, 6.45) is 47.8. The maximum atomic E-state index is 12.9. The number of esters is 1. The van der Waals surface area contributed by atoms with Crippen LogP contribution in [-0.2, 0) is 9.53 Å². The van der Waals surface area contributed by atoms with Gasteiger partial charge in [0.1, 0.15) is 12.8 Å². The average Bonchev–Trinajstić information content (AvgIpc) is 3.17. The molecule has 0 aliphatic carbocycles. The third-order valence-electron chi connectivity index (χ3n) is 10.7. The van der Waals surface area contributed by atoms with E-state index in [1.165, 1.54) is 121 Å². The molecule has 0 aromatic heterocycles. The molecule has 2 rings (SSSR count). The van der Waals surface area contributed by atoms with Gasteiger partial charge in [-0.15, -0.1) is 0 Å². The van der Waals surface area contributed by atoms with Crippen LogP contribution >= 0.6 is 0 Å². The molecule has 1 heterocycles. The second kappa shape index (κ2) is 34.8. The number of aliphatic hydroxyl groups is 1.